The summed E-state index contributed by atoms with van der Waals surface area (Å²) in [6, 6.07) is 12.3. The van der Waals surface area contributed by atoms with E-state index in [-0.39, 0.29) is 5.69 Å². The number of non-ortho nitro benzene ring substituents is 1. The van der Waals surface area contributed by atoms with Gasteiger partial charge in [-0.1, -0.05) is 18.2 Å². The summed E-state index contributed by atoms with van der Waals surface area (Å²) < 4.78 is 1.79. The number of nitro groups is 1. The van der Waals surface area contributed by atoms with Crippen LogP contribution in [0.3, 0.4) is 0 Å². The van der Waals surface area contributed by atoms with E-state index in [0.29, 0.717) is 17.8 Å². The molecule has 0 aliphatic heterocycles. The molecule has 0 fully saturated rings. The summed E-state index contributed by atoms with van der Waals surface area (Å²) in [5, 5.41) is 16.2. The molecule has 106 valence electrons. The van der Waals surface area contributed by atoms with Crippen LogP contribution in [0.2, 0.25) is 0 Å². The predicted molar refractivity (Wildman–Crippen MR) is 79.7 cm³/mol. The fourth-order valence-corrected chi connectivity index (χ4v) is 2.28. The normalized spacial score (nSPS) is 10.7. The summed E-state index contributed by atoms with van der Waals surface area (Å²) in [6.07, 6.45) is 1.77. The van der Waals surface area contributed by atoms with Gasteiger partial charge in [0, 0.05) is 23.1 Å². The zero-order valence-corrected chi connectivity index (χ0v) is 11.1. The Morgan fingerprint density at radius 3 is 2.86 bits per heavy atom. The molecule has 0 radical (unpaired) electrons. The molecule has 0 aliphatic carbocycles. The molecule has 0 bridgehead atoms. The van der Waals surface area contributed by atoms with E-state index in [1.54, 1.807) is 16.9 Å². The number of nitrogens with zero attached hydrogens (tertiary/aromatic N) is 3. The molecule has 0 aliphatic rings. The molecule has 3 N–H and O–H groups in total. The van der Waals surface area contributed by atoms with E-state index in [4.69, 9.17) is 5.84 Å². The van der Waals surface area contributed by atoms with Crippen molar-refractivity contribution in [3.8, 4) is 0 Å². The van der Waals surface area contributed by atoms with Crippen LogP contribution in [0.1, 0.15) is 5.56 Å². The molecule has 0 spiro atoms. The van der Waals surface area contributed by atoms with Gasteiger partial charge in [-0.2, -0.15) is 5.10 Å². The van der Waals surface area contributed by atoms with Crippen molar-refractivity contribution in [3.05, 3.63) is 64.3 Å². The summed E-state index contributed by atoms with van der Waals surface area (Å²) in [5.74, 6) is 5.47. The first-order valence-electron chi connectivity index (χ1n) is 6.33. The van der Waals surface area contributed by atoms with Crippen molar-refractivity contribution in [1.29, 1.82) is 0 Å². The first kappa shape index (κ1) is 13.1. The number of aromatic nitrogens is 2. The van der Waals surface area contributed by atoms with Crippen LogP contribution in [-0.4, -0.2) is 14.7 Å². The van der Waals surface area contributed by atoms with Crippen LogP contribution in [0.15, 0.2) is 48.7 Å². The Hall–Kier alpha value is -2.93. The maximum absolute atomic E-state index is 10.9. The summed E-state index contributed by atoms with van der Waals surface area (Å²) in [6.45, 7) is 0.398. The van der Waals surface area contributed by atoms with Crippen LogP contribution in [0.25, 0.3) is 10.9 Å². The van der Waals surface area contributed by atoms with Gasteiger partial charge in [0.1, 0.15) is 0 Å². The molecular weight excluding hydrogens is 270 g/mol. The van der Waals surface area contributed by atoms with Crippen LogP contribution in [0.4, 0.5) is 11.4 Å². The highest BCUT2D eigenvalue weighted by molar-refractivity contribution is 5.78. The van der Waals surface area contributed by atoms with Gasteiger partial charge in [0.25, 0.3) is 5.69 Å². The highest BCUT2D eigenvalue weighted by atomic mass is 16.6. The molecule has 2 aromatic carbocycles. The number of para-hydroxylation sites is 1. The average Bonchev–Trinajstić information content (AvgIpc) is 2.90. The lowest BCUT2D eigenvalue weighted by molar-refractivity contribution is -0.384. The van der Waals surface area contributed by atoms with E-state index in [1.807, 2.05) is 24.3 Å². The standard InChI is InChI=1S/C14H13N5O2/c15-17-13-6-5-12(19(20)21)7-11(13)9-18-14-4-2-1-3-10(14)8-16-18/h1-8,17H,9,15H2. The van der Waals surface area contributed by atoms with E-state index >= 15 is 0 Å². The molecule has 1 aromatic heterocycles. The Kier molecular flexibility index (Phi) is 3.25. The van der Waals surface area contributed by atoms with Crippen molar-refractivity contribution in [2.24, 2.45) is 5.84 Å². The number of anilines is 1. The monoisotopic (exact) mass is 283 g/mol. The molecule has 7 nitrogen and oxygen atoms in total. The number of rotatable bonds is 4. The number of nitrogen functional groups attached to an aromatic ring is 1. The van der Waals surface area contributed by atoms with Crippen molar-refractivity contribution in [3.63, 3.8) is 0 Å². The summed E-state index contributed by atoms with van der Waals surface area (Å²) in [4.78, 5) is 10.5. The van der Waals surface area contributed by atoms with Gasteiger partial charge in [-0.25, -0.2) is 0 Å². The molecule has 7 heteroatoms. The Balaban J connectivity index is 2.04. The zero-order valence-electron chi connectivity index (χ0n) is 11.1. The first-order chi connectivity index (χ1) is 10.2. The first-order valence-corrected chi connectivity index (χ1v) is 6.33. The van der Waals surface area contributed by atoms with Gasteiger partial charge in [0.2, 0.25) is 0 Å². The van der Waals surface area contributed by atoms with Crippen molar-refractivity contribution in [2.45, 2.75) is 6.54 Å². The van der Waals surface area contributed by atoms with Gasteiger partial charge < -0.3 is 5.43 Å². The smallest absolute Gasteiger partial charge is 0.269 e. The number of hydrogen-bond acceptors (Lipinski definition) is 5. The summed E-state index contributed by atoms with van der Waals surface area (Å²) in [7, 11) is 0. The van der Waals surface area contributed by atoms with Crippen LogP contribution in [0, 0.1) is 10.1 Å². The Bertz CT molecular complexity index is 812. The van der Waals surface area contributed by atoms with Gasteiger partial charge in [0.15, 0.2) is 0 Å². The minimum atomic E-state index is -0.426. The Labute approximate surface area is 120 Å². The number of nitrogens with two attached hydrogens (primary N) is 1. The van der Waals surface area contributed by atoms with E-state index < -0.39 is 4.92 Å². The number of nitrogens with one attached hydrogen (secondary N) is 1. The maximum atomic E-state index is 10.9. The zero-order chi connectivity index (χ0) is 14.8. The third-order valence-corrected chi connectivity index (χ3v) is 3.33. The fraction of sp³-hybridized carbons (Fsp3) is 0.0714. The average molecular weight is 283 g/mol. The molecule has 3 aromatic rings. The predicted octanol–water partition coefficient (Wildman–Crippen LogP) is 2.28. The lowest BCUT2D eigenvalue weighted by Gasteiger charge is -2.09. The highest BCUT2D eigenvalue weighted by Crippen LogP contribution is 2.23. The van der Waals surface area contributed by atoms with Gasteiger partial charge >= 0.3 is 0 Å². The van der Waals surface area contributed by atoms with E-state index in [0.717, 1.165) is 10.9 Å². The van der Waals surface area contributed by atoms with Crippen molar-refractivity contribution >= 4 is 22.3 Å². The number of fused-ring (bicyclic) bond motifs is 1. The summed E-state index contributed by atoms with van der Waals surface area (Å²) >= 11 is 0. The topological polar surface area (TPSA) is 99.0 Å². The third kappa shape index (κ3) is 2.41. The second-order valence-electron chi connectivity index (χ2n) is 4.60. The van der Waals surface area contributed by atoms with Gasteiger partial charge in [-0.15, -0.1) is 0 Å². The van der Waals surface area contributed by atoms with Crippen LogP contribution < -0.4 is 11.3 Å². The van der Waals surface area contributed by atoms with Crippen molar-refractivity contribution in [1.82, 2.24) is 9.78 Å². The molecule has 1 heterocycles. The molecule has 0 saturated heterocycles. The largest absolute Gasteiger partial charge is 0.324 e. The molecule has 3 rings (SSSR count). The van der Waals surface area contributed by atoms with E-state index in [1.165, 1.54) is 12.1 Å². The lowest BCUT2D eigenvalue weighted by atomic mass is 10.1. The molecule has 0 saturated carbocycles. The maximum Gasteiger partial charge on any atom is 0.269 e. The van der Waals surface area contributed by atoms with E-state index in [9.17, 15) is 10.1 Å². The second kappa shape index (κ2) is 5.22. The quantitative estimate of drug-likeness (QED) is 0.435. The number of hydrazine groups is 1. The van der Waals surface area contributed by atoms with Crippen LogP contribution in [0.5, 0.6) is 0 Å². The van der Waals surface area contributed by atoms with Crippen molar-refractivity contribution < 1.29 is 4.92 Å². The van der Waals surface area contributed by atoms with Crippen LogP contribution >= 0.6 is 0 Å². The minimum Gasteiger partial charge on any atom is -0.324 e. The van der Waals surface area contributed by atoms with Crippen LogP contribution in [-0.2, 0) is 6.54 Å². The lowest BCUT2D eigenvalue weighted by Crippen LogP contribution is -2.12. The van der Waals surface area contributed by atoms with Gasteiger partial charge in [-0.3, -0.25) is 20.6 Å². The Morgan fingerprint density at radius 1 is 1.29 bits per heavy atom. The van der Waals surface area contributed by atoms with Gasteiger partial charge in [-0.05, 0) is 12.1 Å². The van der Waals surface area contributed by atoms with Crippen molar-refractivity contribution in [2.75, 3.05) is 5.43 Å². The Morgan fingerprint density at radius 2 is 2.10 bits per heavy atom. The summed E-state index contributed by atoms with van der Waals surface area (Å²) in [5.41, 5.74) is 4.90. The van der Waals surface area contributed by atoms with E-state index in [2.05, 4.69) is 10.5 Å². The second-order valence-corrected chi connectivity index (χ2v) is 4.60. The molecule has 21 heavy (non-hydrogen) atoms. The SMILES string of the molecule is NNc1ccc([N+](=O)[O-])cc1Cn1ncc2ccccc21. The number of benzene rings is 2. The molecular formula is C14H13N5O2. The molecule has 0 unspecified atom stereocenters. The molecule has 0 atom stereocenters. The number of hydrogen-bond donors (Lipinski definition) is 2. The number of nitro benzene ring substituents is 1. The highest BCUT2D eigenvalue weighted by Gasteiger charge is 2.12. The minimum absolute atomic E-state index is 0.0282. The third-order valence-electron chi connectivity index (χ3n) is 3.33. The molecule has 0 amide bonds. The fourth-order valence-electron chi connectivity index (χ4n) is 2.28. The van der Waals surface area contributed by atoms with Gasteiger partial charge in [0.05, 0.1) is 28.9 Å².